The number of H-pyrrole nitrogens is 1. The average molecular weight is 447 g/mol. The highest BCUT2D eigenvalue weighted by molar-refractivity contribution is 6.42. The lowest BCUT2D eigenvalue weighted by atomic mass is 10.2. The number of fused-ring (bicyclic) bond motifs is 1. The van der Waals surface area contributed by atoms with Crippen LogP contribution in [0.5, 0.6) is 5.75 Å². The monoisotopic (exact) mass is 446 g/mol. The zero-order valence-electron chi connectivity index (χ0n) is 16.6. The fourth-order valence-corrected chi connectivity index (χ4v) is 3.97. The average Bonchev–Trinajstić information content (AvgIpc) is 3.03. The van der Waals surface area contributed by atoms with Gasteiger partial charge in [0.2, 0.25) is 11.9 Å². The largest absolute Gasteiger partial charge is 0.492 e. The Hall–Kier alpha value is -2.44. The number of ether oxygens (including phenoxy) is 1. The van der Waals surface area contributed by atoms with E-state index < -0.39 is 0 Å². The Bertz CT molecular complexity index is 990. The van der Waals surface area contributed by atoms with Crippen LogP contribution in [0.4, 0.5) is 5.95 Å². The standard InChI is InChI=1S/C22H24Cl2N4O2/c23-16-6-3-9-19(21(16)24)30-15-4-10-20(29)27-11-5-12-28(14-13-27)22-25-17-7-1-2-8-18(17)26-22/h1-3,6-9H,4-5,10-15H2,(H,25,26). The second-order valence-corrected chi connectivity index (χ2v) is 8.09. The van der Waals surface area contributed by atoms with E-state index in [1.165, 1.54) is 0 Å². The first kappa shape index (κ1) is 20.8. The molecular formula is C22H24Cl2N4O2. The van der Waals surface area contributed by atoms with Crippen LogP contribution < -0.4 is 9.64 Å². The van der Waals surface area contributed by atoms with Crippen LogP contribution in [-0.4, -0.2) is 53.6 Å². The summed E-state index contributed by atoms with van der Waals surface area (Å²) in [6, 6.07) is 13.3. The van der Waals surface area contributed by atoms with Gasteiger partial charge in [-0.3, -0.25) is 4.79 Å². The molecule has 1 saturated heterocycles. The first-order valence-corrected chi connectivity index (χ1v) is 10.9. The second kappa shape index (κ2) is 9.58. The molecule has 0 aliphatic carbocycles. The number of benzene rings is 2. The van der Waals surface area contributed by atoms with Gasteiger partial charge in [-0.15, -0.1) is 0 Å². The predicted octanol–water partition coefficient (Wildman–Crippen LogP) is 4.77. The van der Waals surface area contributed by atoms with Gasteiger partial charge in [-0.05, 0) is 37.1 Å². The van der Waals surface area contributed by atoms with Gasteiger partial charge in [0.05, 0.1) is 22.7 Å². The lowest BCUT2D eigenvalue weighted by molar-refractivity contribution is -0.131. The van der Waals surface area contributed by atoms with Crippen molar-refractivity contribution in [3.8, 4) is 5.75 Å². The van der Waals surface area contributed by atoms with Crippen molar-refractivity contribution in [2.75, 3.05) is 37.7 Å². The van der Waals surface area contributed by atoms with E-state index in [1.807, 2.05) is 29.2 Å². The SMILES string of the molecule is O=C(CCCOc1cccc(Cl)c1Cl)N1CCCN(c2nc3ccccc3[nH]2)CC1. The molecule has 6 nitrogen and oxygen atoms in total. The van der Waals surface area contributed by atoms with Crippen LogP contribution in [0.3, 0.4) is 0 Å². The Morgan fingerprint density at radius 3 is 2.80 bits per heavy atom. The summed E-state index contributed by atoms with van der Waals surface area (Å²) in [4.78, 5) is 24.9. The van der Waals surface area contributed by atoms with E-state index in [4.69, 9.17) is 27.9 Å². The predicted molar refractivity (Wildman–Crippen MR) is 121 cm³/mol. The van der Waals surface area contributed by atoms with Gasteiger partial charge in [-0.2, -0.15) is 0 Å². The summed E-state index contributed by atoms with van der Waals surface area (Å²) in [5.74, 6) is 1.58. The lowest BCUT2D eigenvalue weighted by Crippen LogP contribution is -2.35. The molecule has 0 atom stereocenters. The number of nitrogens with zero attached hydrogens (tertiary/aromatic N) is 3. The molecule has 1 fully saturated rings. The van der Waals surface area contributed by atoms with Gasteiger partial charge in [0.1, 0.15) is 10.8 Å². The fraction of sp³-hybridized carbons (Fsp3) is 0.364. The molecule has 0 radical (unpaired) electrons. The number of imidazole rings is 1. The molecule has 3 aromatic rings. The smallest absolute Gasteiger partial charge is 0.222 e. The number of rotatable bonds is 6. The van der Waals surface area contributed by atoms with Gasteiger partial charge in [-0.25, -0.2) is 4.98 Å². The minimum Gasteiger partial charge on any atom is -0.492 e. The van der Waals surface area contributed by atoms with Crippen molar-refractivity contribution in [3.63, 3.8) is 0 Å². The van der Waals surface area contributed by atoms with Crippen molar-refractivity contribution in [1.29, 1.82) is 0 Å². The van der Waals surface area contributed by atoms with E-state index in [2.05, 4.69) is 14.9 Å². The molecule has 2 heterocycles. The molecule has 1 aromatic heterocycles. The number of amides is 1. The molecular weight excluding hydrogens is 423 g/mol. The first-order valence-electron chi connectivity index (χ1n) is 10.2. The summed E-state index contributed by atoms with van der Waals surface area (Å²) >= 11 is 12.1. The van der Waals surface area contributed by atoms with E-state index >= 15 is 0 Å². The van der Waals surface area contributed by atoms with Gasteiger partial charge in [-0.1, -0.05) is 41.4 Å². The van der Waals surface area contributed by atoms with Crippen LogP contribution in [0.2, 0.25) is 10.0 Å². The third-order valence-corrected chi connectivity index (χ3v) is 6.04. The van der Waals surface area contributed by atoms with E-state index in [9.17, 15) is 4.79 Å². The van der Waals surface area contributed by atoms with Crippen LogP contribution in [0, 0.1) is 0 Å². The first-order chi connectivity index (χ1) is 14.6. The zero-order valence-corrected chi connectivity index (χ0v) is 18.1. The van der Waals surface area contributed by atoms with Crippen LogP contribution in [0.1, 0.15) is 19.3 Å². The molecule has 30 heavy (non-hydrogen) atoms. The molecule has 4 rings (SSSR count). The zero-order chi connectivity index (χ0) is 20.9. The summed E-state index contributed by atoms with van der Waals surface area (Å²) in [5.41, 5.74) is 1.99. The minimum absolute atomic E-state index is 0.155. The number of hydrogen-bond acceptors (Lipinski definition) is 4. The Labute approximate surface area is 185 Å². The van der Waals surface area contributed by atoms with Crippen molar-refractivity contribution in [2.24, 2.45) is 0 Å². The molecule has 1 amide bonds. The molecule has 1 aliphatic heterocycles. The fourth-order valence-electron chi connectivity index (χ4n) is 3.63. The third-order valence-electron chi connectivity index (χ3n) is 5.23. The maximum Gasteiger partial charge on any atom is 0.222 e. The Morgan fingerprint density at radius 2 is 1.93 bits per heavy atom. The van der Waals surface area contributed by atoms with E-state index in [0.717, 1.165) is 43.0 Å². The van der Waals surface area contributed by atoms with Gasteiger partial charge in [0, 0.05) is 32.6 Å². The molecule has 1 aliphatic rings. The molecule has 0 bridgehead atoms. The van der Waals surface area contributed by atoms with E-state index in [0.29, 0.717) is 41.8 Å². The second-order valence-electron chi connectivity index (χ2n) is 7.30. The summed E-state index contributed by atoms with van der Waals surface area (Å²) in [5, 5.41) is 0.868. The molecule has 0 unspecified atom stereocenters. The number of aromatic amines is 1. The quantitative estimate of drug-likeness (QED) is 0.554. The molecule has 0 saturated carbocycles. The summed E-state index contributed by atoms with van der Waals surface area (Å²) in [6.07, 6.45) is 1.99. The maximum atomic E-state index is 12.6. The van der Waals surface area contributed by atoms with Gasteiger partial charge < -0.3 is 19.5 Å². The highest BCUT2D eigenvalue weighted by atomic mass is 35.5. The minimum atomic E-state index is 0.155. The Kier molecular flexibility index (Phi) is 6.65. The lowest BCUT2D eigenvalue weighted by Gasteiger charge is -2.22. The Morgan fingerprint density at radius 1 is 1.07 bits per heavy atom. The Balaban J connectivity index is 1.25. The molecule has 1 N–H and O–H groups in total. The number of carbonyl (C=O) groups is 1. The summed E-state index contributed by atoms with van der Waals surface area (Å²) in [7, 11) is 0. The van der Waals surface area contributed by atoms with Gasteiger partial charge in [0.15, 0.2) is 0 Å². The van der Waals surface area contributed by atoms with E-state index in [-0.39, 0.29) is 5.91 Å². The molecule has 158 valence electrons. The highest BCUT2D eigenvalue weighted by Gasteiger charge is 2.20. The number of nitrogens with one attached hydrogen (secondary N) is 1. The van der Waals surface area contributed by atoms with Crippen molar-refractivity contribution < 1.29 is 9.53 Å². The normalized spacial score (nSPS) is 14.7. The topological polar surface area (TPSA) is 61.5 Å². The number of anilines is 1. The number of carbonyl (C=O) groups excluding carboxylic acids is 1. The van der Waals surface area contributed by atoms with Gasteiger partial charge in [0.25, 0.3) is 0 Å². The summed E-state index contributed by atoms with van der Waals surface area (Å²) < 4.78 is 5.68. The van der Waals surface area contributed by atoms with Gasteiger partial charge >= 0.3 is 0 Å². The van der Waals surface area contributed by atoms with Crippen LogP contribution in [0.15, 0.2) is 42.5 Å². The van der Waals surface area contributed by atoms with E-state index in [1.54, 1.807) is 18.2 Å². The van der Waals surface area contributed by atoms with Crippen LogP contribution >= 0.6 is 23.2 Å². The van der Waals surface area contributed by atoms with Crippen LogP contribution in [-0.2, 0) is 4.79 Å². The number of aromatic nitrogens is 2. The third kappa shape index (κ3) is 4.82. The van der Waals surface area contributed by atoms with Crippen molar-refractivity contribution in [1.82, 2.24) is 14.9 Å². The number of para-hydroxylation sites is 2. The highest BCUT2D eigenvalue weighted by Crippen LogP contribution is 2.31. The summed E-state index contributed by atoms with van der Waals surface area (Å²) in [6.45, 7) is 3.51. The molecule has 0 spiro atoms. The van der Waals surface area contributed by atoms with Crippen molar-refractivity contribution >= 4 is 46.1 Å². The van der Waals surface area contributed by atoms with Crippen molar-refractivity contribution in [2.45, 2.75) is 19.3 Å². The number of halogens is 2. The van der Waals surface area contributed by atoms with Crippen LogP contribution in [0.25, 0.3) is 11.0 Å². The number of hydrogen-bond donors (Lipinski definition) is 1. The molecule has 2 aromatic carbocycles. The molecule has 8 heteroatoms. The van der Waals surface area contributed by atoms with Crippen molar-refractivity contribution in [3.05, 3.63) is 52.5 Å². The maximum absolute atomic E-state index is 12.6.